The molecule has 124 valence electrons. The smallest absolute Gasteiger partial charge is 0.329 e. The van der Waals surface area contributed by atoms with Gasteiger partial charge in [0.2, 0.25) is 0 Å². The average Bonchev–Trinajstić information content (AvgIpc) is 2.98. The van der Waals surface area contributed by atoms with Gasteiger partial charge in [0.25, 0.3) is 5.56 Å². The topological polar surface area (TPSA) is 72.2 Å². The summed E-state index contributed by atoms with van der Waals surface area (Å²) in [6.07, 6.45) is 0.809. The van der Waals surface area contributed by atoms with Crippen molar-refractivity contribution in [2.24, 2.45) is 0 Å². The molecular formula is C18H18N2O3S. The molecule has 3 rings (SSSR count). The number of carbonyl (C=O) groups is 1. The van der Waals surface area contributed by atoms with Gasteiger partial charge in [0.1, 0.15) is 16.2 Å². The zero-order valence-corrected chi connectivity index (χ0v) is 14.6. The zero-order valence-electron chi connectivity index (χ0n) is 13.7. The monoisotopic (exact) mass is 342 g/mol. The second-order valence-electron chi connectivity index (χ2n) is 6.09. The Morgan fingerprint density at radius 1 is 1.29 bits per heavy atom. The largest absolute Gasteiger partial charge is 0.480 e. The molecule has 0 bridgehead atoms. The Balaban J connectivity index is 2.44. The second-order valence-corrected chi connectivity index (χ2v) is 7.21. The fourth-order valence-corrected chi connectivity index (χ4v) is 3.56. The van der Waals surface area contributed by atoms with Crippen LogP contribution >= 0.6 is 11.3 Å². The number of aryl methyl sites for hydroxylation is 1. The summed E-state index contributed by atoms with van der Waals surface area (Å²) in [5.41, 5.74) is -1.00. The minimum atomic E-state index is -1.40. The van der Waals surface area contributed by atoms with Crippen LogP contribution in [-0.4, -0.2) is 20.6 Å². The summed E-state index contributed by atoms with van der Waals surface area (Å²) in [6, 6.07) is 11.0. The third kappa shape index (κ3) is 2.53. The number of hydrogen-bond acceptors (Lipinski definition) is 4. The van der Waals surface area contributed by atoms with Gasteiger partial charge in [-0.15, -0.1) is 11.3 Å². The Morgan fingerprint density at radius 2 is 1.96 bits per heavy atom. The number of aliphatic carboxylic acids is 1. The maximum absolute atomic E-state index is 13.1. The highest BCUT2D eigenvalue weighted by Crippen LogP contribution is 2.28. The number of hydrogen-bond donors (Lipinski definition) is 1. The molecule has 0 saturated carbocycles. The van der Waals surface area contributed by atoms with Crippen molar-refractivity contribution in [1.29, 1.82) is 0 Å². The maximum atomic E-state index is 13.1. The van der Waals surface area contributed by atoms with Gasteiger partial charge in [0.15, 0.2) is 0 Å². The second kappa shape index (κ2) is 5.87. The van der Waals surface area contributed by atoms with Crippen LogP contribution in [0.15, 0.2) is 41.2 Å². The molecule has 2 heterocycles. The van der Waals surface area contributed by atoms with E-state index in [9.17, 15) is 14.7 Å². The summed E-state index contributed by atoms with van der Waals surface area (Å²) in [6.45, 7) is 5.05. The number of benzene rings is 1. The van der Waals surface area contributed by atoms with Gasteiger partial charge in [-0.1, -0.05) is 37.3 Å². The normalized spacial score (nSPS) is 11.8. The van der Waals surface area contributed by atoms with E-state index >= 15 is 0 Å². The first-order chi connectivity index (χ1) is 11.4. The lowest BCUT2D eigenvalue weighted by Gasteiger charge is -2.25. The summed E-state index contributed by atoms with van der Waals surface area (Å²) in [7, 11) is 0. The minimum absolute atomic E-state index is 0.317. The molecule has 0 aliphatic rings. The van der Waals surface area contributed by atoms with Crippen LogP contribution in [-0.2, 0) is 16.8 Å². The summed E-state index contributed by atoms with van der Waals surface area (Å²) in [4.78, 5) is 31.2. The van der Waals surface area contributed by atoms with Crippen LogP contribution in [0.5, 0.6) is 0 Å². The van der Waals surface area contributed by atoms with Crippen molar-refractivity contribution in [1.82, 2.24) is 9.55 Å². The fraction of sp³-hybridized carbons (Fsp3) is 0.278. The number of carboxylic acid groups (broad SMARTS) is 1. The molecule has 3 aromatic rings. The number of carboxylic acids is 1. The van der Waals surface area contributed by atoms with Gasteiger partial charge >= 0.3 is 5.97 Å². The van der Waals surface area contributed by atoms with Crippen molar-refractivity contribution in [2.75, 3.05) is 0 Å². The van der Waals surface area contributed by atoms with E-state index < -0.39 is 11.5 Å². The van der Waals surface area contributed by atoms with Crippen LogP contribution in [0.2, 0.25) is 0 Å². The molecule has 0 saturated heterocycles. The van der Waals surface area contributed by atoms with Crippen molar-refractivity contribution in [3.63, 3.8) is 0 Å². The Morgan fingerprint density at radius 3 is 2.54 bits per heavy atom. The summed E-state index contributed by atoms with van der Waals surface area (Å²) >= 11 is 1.48. The van der Waals surface area contributed by atoms with Crippen molar-refractivity contribution in [2.45, 2.75) is 32.7 Å². The highest BCUT2D eigenvalue weighted by atomic mass is 32.1. The number of thiophene rings is 1. The van der Waals surface area contributed by atoms with Gasteiger partial charge < -0.3 is 5.11 Å². The standard InChI is InChI=1S/C18H18N2O3S/c1-4-12-10-13-15(24-12)19-14(11-8-6-5-7-9-11)20(16(13)21)18(2,3)17(22)23/h5-10H,4H2,1-3H3,(H,22,23). The van der Waals surface area contributed by atoms with Gasteiger partial charge in [0, 0.05) is 10.4 Å². The Kier molecular flexibility index (Phi) is 4.01. The van der Waals surface area contributed by atoms with E-state index in [0.717, 1.165) is 16.9 Å². The molecule has 0 atom stereocenters. The molecule has 5 nitrogen and oxygen atoms in total. The van der Waals surface area contributed by atoms with E-state index in [0.29, 0.717) is 16.0 Å². The first kappa shape index (κ1) is 16.4. The van der Waals surface area contributed by atoms with E-state index in [1.807, 2.05) is 43.3 Å². The van der Waals surface area contributed by atoms with Crippen molar-refractivity contribution < 1.29 is 9.90 Å². The van der Waals surface area contributed by atoms with E-state index in [-0.39, 0.29) is 5.56 Å². The minimum Gasteiger partial charge on any atom is -0.480 e. The molecule has 1 N–H and O–H groups in total. The number of fused-ring (bicyclic) bond motifs is 1. The highest BCUT2D eigenvalue weighted by molar-refractivity contribution is 7.18. The Labute approximate surface area is 143 Å². The molecule has 0 aliphatic carbocycles. The van der Waals surface area contributed by atoms with Crippen molar-refractivity contribution in [3.05, 3.63) is 51.6 Å². The van der Waals surface area contributed by atoms with Crippen LogP contribution in [0.3, 0.4) is 0 Å². The molecule has 1 aromatic carbocycles. The molecule has 0 radical (unpaired) electrons. The van der Waals surface area contributed by atoms with E-state index in [1.165, 1.54) is 29.8 Å². The molecule has 0 fully saturated rings. The molecule has 0 unspecified atom stereocenters. The molecule has 0 aliphatic heterocycles. The van der Waals surface area contributed by atoms with Crippen molar-refractivity contribution in [3.8, 4) is 11.4 Å². The van der Waals surface area contributed by atoms with Gasteiger partial charge in [-0.3, -0.25) is 9.36 Å². The number of rotatable bonds is 4. The molecule has 0 spiro atoms. The molecule has 24 heavy (non-hydrogen) atoms. The molecule has 6 heteroatoms. The van der Waals surface area contributed by atoms with Crippen LogP contribution in [0.4, 0.5) is 0 Å². The lowest BCUT2D eigenvalue weighted by atomic mass is 10.0. The lowest BCUT2D eigenvalue weighted by Crippen LogP contribution is -2.43. The zero-order chi connectivity index (χ0) is 17.5. The van der Waals surface area contributed by atoms with Crippen LogP contribution in [0.25, 0.3) is 21.6 Å². The fourth-order valence-electron chi connectivity index (χ4n) is 2.60. The first-order valence-electron chi connectivity index (χ1n) is 7.71. The molecular weight excluding hydrogens is 324 g/mol. The predicted molar refractivity (Wildman–Crippen MR) is 95.7 cm³/mol. The molecule has 2 aromatic heterocycles. The van der Waals surface area contributed by atoms with Gasteiger partial charge in [-0.05, 0) is 26.3 Å². The van der Waals surface area contributed by atoms with Crippen LogP contribution < -0.4 is 5.56 Å². The summed E-state index contributed by atoms with van der Waals surface area (Å²) in [5, 5.41) is 10.1. The van der Waals surface area contributed by atoms with Gasteiger partial charge in [0.05, 0.1) is 5.39 Å². The third-order valence-electron chi connectivity index (χ3n) is 4.08. The number of aromatic nitrogens is 2. The van der Waals surface area contributed by atoms with Gasteiger partial charge in [-0.2, -0.15) is 0 Å². The average molecular weight is 342 g/mol. The van der Waals surface area contributed by atoms with Crippen LogP contribution in [0.1, 0.15) is 25.6 Å². The number of nitrogens with zero attached hydrogens (tertiary/aromatic N) is 2. The third-order valence-corrected chi connectivity index (χ3v) is 5.25. The lowest BCUT2D eigenvalue weighted by molar-refractivity contribution is -0.145. The van der Waals surface area contributed by atoms with Crippen LogP contribution in [0, 0.1) is 0 Å². The van der Waals surface area contributed by atoms with E-state index in [2.05, 4.69) is 4.98 Å². The maximum Gasteiger partial charge on any atom is 0.329 e. The van der Waals surface area contributed by atoms with Crippen molar-refractivity contribution >= 4 is 27.5 Å². The first-order valence-corrected chi connectivity index (χ1v) is 8.52. The predicted octanol–water partition coefficient (Wildman–Crippen LogP) is 3.51. The summed E-state index contributed by atoms with van der Waals surface area (Å²) in [5.74, 6) is -0.695. The van der Waals surface area contributed by atoms with Gasteiger partial charge in [-0.25, -0.2) is 9.78 Å². The highest BCUT2D eigenvalue weighted by Gasteiger charge is 2.34. The Bertz CT molecular complexity index is 971. The van der Waals surface area contributed by atoms with E-state index in [1.54, 1.807) is 0 Å². The Hall–Kier alpha value is -2.47. The quantitative estimate of drug-likeness (QED) is 0.787. The SMILES string of the molecule is CCc1cc2c(=O)n(C(C)(C)C(=O)O)c(-c3ccccc3)nc2s1. The van der Waals surface area contributed by atoms with E-state index in [4.69, 9.17) is 0 Å². The molecule has 0 amide bonds. The summed E-state index contributed by atoms with van der Waals surface area (Å²) < 4.78 is 1.29.